The molecule has 1 aromatic rings. The standard InChI is InChI=1S/C16H21ClN2O2/c1-10-5-6-19(9-15(10)20)16(21)18-14-8-13(14)11-3-2-4-12(17)7-11/h2-4,7,10,13-15,20H,5-6,8-9H2,1H3,(H,18,21). The van der Waals surface area contributed by atoms with Crippen LogP contribution in [0, 0.1) is 5.92 Å². The van der Waals surface area contributed by atoms with Crippen molar-refractivity contribution in [1.29, 1.82) is 0 Å². The number of hydrogen-bond acceptors (Lipinski definition) is 2. The summed E-state index contributed by atoms with van der Waals surface area (Å²) in [6.07, 6.45) is 1.41. The quantitative estimate of drug-likeness (QED) is 0.882. The first kappa shape index (κ1) is 14.7. The number of nitrogens with one attached hydrogen (secondary N) is 1. The summed E-state index contributed by atoms with van der Waals surface area (Å²) in [6, 6.07) is 7.94. The number of rotatable bonds is 2. The fourth-order valence-corrected chi connectivity index (χ4v) is 3.14. The largest absolute Gasteiger partial charge is 0.391 e. The van der Waals surface area contributed by atoms with Crippen molar-refractivity contribution in [3.05, 3.63) is 34.9 Å². The van der Waals surface area contributed by atoms with Gasteiger partial charge in [0.25, 0.3) is 0 Å². The number of hydrogen-bond donors (Lipinski definition) is 2. The van der Waals surface area contributed by atoms with E-state index in [2.05, 4.69) is 11.4 Å². The number of benzene rings is 1. The number of carbonyl (C=O) groups excluding carboxylic acids is 1. The number of nitrogens with zero attached hydrogens (tertiary/aromatic N) is 1. The van der Waals surface area contributed by atoms with Crippen LogP contribution in [0.15, 0.2) is 24.3 Å². The number of halogens is 1. The number of amides is 2. The third-order valence-corrected chi connectivity index (χ3v) is 4.82. The molecule has 0 spiro atoms. The molecule has 114 valence electrons. The van der Waals surface area contributed by atoms with Crippen LogP contribution in [-0.4, -0.2) is 41.3 Å². The van der Waals surface area contributed by atoms with E-state index < -0.39 is 6.10 Å². The van der Waals surface area contributed by atoms with Crippen molar-refractivity contribution < 1.29 is 9.90 Å². The summed E-state index contributed by atoms with van der Waals surface area (Å²) in [5.74, 6) is 0.635. The molecule has 21 heavy (non-hydrogen) atoms. The van der Waals surface area contributed by atoms with E-state index in [1.165, 1.54) is 5.56 Å². The van der Waals surface area contributed by atoms with Crippen molar-refractivity contribution in [1.82, 2.24) is 10.2 Å². The maximum atomic E-state index is 12.2. The van der Waals surface area contributed by atoms with E-state index in [1.54, 1.807) is 4.90 Å². The molecule has 4 nitrogen and oxygen atoms in total. The molecule has 1 heterocycles. The van der Waals surface area contributed by atoms with Gasteiger partial charge in [-0.25, -0.2) is 4.79 Å². The zero-order chi connectivity index (χ0) is 15.0. The van der Waals surface area contributed by atoms with Gasteiger partial charge in [0.15, 0.2) is 0 Å². The van der Waals surface area contributed by atoms with Gasteiger partial charge in [0.2, 0.25) is 0 Å². The molecule has 2 fully saturated rings. The number of urea groups is 1. The van der Waals surface area contributed by atoms with E-state index in [0.29, 0.717) is 12.5 Å². The fourth-order valence-electron chi connectivity index (χ4n) is 2.94. The molecule has 1 aromatic carbocycles. The Bertz CT molecular complexity index is 537. The zero-order valence-corrected chi connectivity index (χ0v) is 12.9. The molecule has 1 saturated heterocycles. The molecule has 2 aliphatic rings. The minimum atomic E-state index is -0.410. The molecule has 5 heteroatoms. The van der Waals surface area contributed by atoms with Crippen molar-refractivity contribution in [2.24, 2.45) is 5.92 Å². The lowest BCUT2D eigenvalue weighted by Gasteiger charge is -2.34. The Kier molecular flexibility index (Phi) is 4.09. The summed E-state index contributed by atoms with van der Waals surface area (Å²) in [4.78, 5) is 13.9. The summed E-state index contributed by atoms with van der Waals surface area (Å²) in [5.41, 5.74) is 1.18. The molecule has 4 atom stereocenters. The fraction of sp³-hybridized carbons (Fsp3) is 0.562. The van der Waals surface area contributed by atoms with E-state index >= 15 is 0 Å². The normalized spacial score (nSPS) is 31.9. The van der Waals surface area contributed by atoms with Crippen molar-refractivity contribution in [2.45, 2.75) is 37.8 Å². The summed E-state index contributed by atoms with van der Waals surface area (Å²) in [7, 11) is 0. The predicted octanol–water partition coefficient (Wildman–Crippen LogP) is 2.61. The number of aliphatic hydroxyl groups excluding tert-OH is 1. The SMILES string of the molecule is CC1CCN(C(=O)NC2CC2c2cccc(Cl)c2)CC1O. The van der Waals surface area contributed by atoms with E-state index in [1.807, 2.05) is 25.1 Å². The molecular formula is C16H21ClN2O2. The second-order valence-corrected chi connectivity index (χ2v) is 6.67. The second-order valence-electron chi connectivity index (χ2n) is 6.23. The highest BCUT2D eigenvalue weighted by Crippen LogP contribution is 2.41. The molecular weight excluding hydrogens is 288 g/mol. The first-order chi connectivity index (χ1) is 10.0. The van der Waals surface area contributed by atoms with Gasteiger partial charge in [-0.3, -0.25) is 0 Å². The van der Waals surface area contributed by atoms with Gasteiger partial charge in [-0.15, -0.1) is 0 Å². The summed E-state index contributed by atoms with van der Waals surface area (Å²) in [6.45, 7) is 3.18. The maximum absolute atomic E-state index is 12.2. The van der Waals surface area contributed by atoms with Gasteiger partial charge in [-0.1, -0.05) is 30.7 Å². The highest BCUT2D eigenvalue weighted by atomic mass is 35.5. The lowest BCUT2D eigenvalue weighted by molar-refractivity contribution is 0.0435. The maximum Gasteiger partial charge on any atom is 0.317 e. The van der Waals surface area contributed by atoms with Crippen LogP contribution in [0.5, 0.6) is 0 Å². The van der Waals surface area contributed by atoms with E-state index in [-0.39, 0.29) is 18.0 Å². The topological polar surface area (TPSA) is 52.6 Å². The lowest BCUT2D eigenvalue weighted by Crippen LogP contribution is -2.50. The van der Waals surface area contributed by atoms with Crippen LogP contribution >= 0.6 is 11.6 Å². The summed E-state index contributed by atoms with van der Waals surface area (Å²) in [5, 5.41) is 13.7. The number of β-amino-alcohol motifs (C(OH)–C–C–N with tert-alkyl or cyclic N) is 1. The molecule has 4 unspecified atom stereocenters. The third kappa shape index (κ3) is 3.33. The minimum absolute atomic E-state index is 0.0597. The Morgan fingerprint density at radius 2 is 2.29 bits per heavy atom. The molecule has 1 saturated carbocycles. The average molecular weight is 309 g/mol. The van der Waals surface area contributed by atoms with E-state index in [4.69, 9.17) is 11.6 Å². The first-order valence-corrected chi connectivity index (χ1v) is 7.91. The van der Waals surface area contributed by atoms with Crippen molar-refractivity contribution in [3.63, 3.8) is 0 Å². The zero-order valence-electron chi connectivity index (χ0n) is 12.1. The Hall–Kier alpha value is -1.26. The molecule has 0 aromatic heterocycles. The third-order valence-electron chi connectivity index (χ3n) is 4.58. The van der Waals surface area contributed by atoms with Gasteiger partial charge in [0, 0.05) is 30.1 Å². The number of piperidine rings is 1. The van der Waals surface area contributed by atoms with Gasteiger partial charge in [-0.2, -0.15) is 0 Å². The number of aliphatic hydroxyl groups is 1. The van der Waals surface area contributed by atoms with Crippen molar-refractivity contribution in [2.75, 3.05) is 13.1 Å². The number of likely N-dealkylation sites (tertiary alicyclic amines) is 1. The predicted molar refractivity (Wildman–Crippen MR) is 82.5 cm³/mol. The average Bonchev–Trinajstić information content (AvgIpc) is 3.21. The molecule has 1 aliphatic carbocycles. The highest BCUT2D eigenvalue weighted by molar-refractivity contribution is 6.30. The van der Waals surface area contributed by atoms with Crippen LogP contribution in [0.3, 0.4) is 0 Å². The van der Waals surface area contributed by atoms with Crippen LogP contribution < -0.4 is 5.32 Å². The van der Waals surface area contributed by atoms with Crippen molar-refractivity contribution in [3.8, 4) is 0 Å². The Morgan fingerprint density at radius 1 is 1.48 bits per heavy atom. The molecule has 2 amide bonds. The Morgan fingerprint density at radius 3 is 3.00 bits per heavy atom. The lowest BCUT2D eigenvalue weighted by atomic mass is 9.96. The van der Waals surface area contributed by atoms with Gasteiger partial charge in [-0.05, 0) is 36.5 Å². The number of carbonyl (C=O) groups is 1. The Balaban J connectivity index is 1.53. The minimum Gasteiger partial charge on any atom is -0.391 e. The monoisotopic (exact) mass is 308 g/mol. The van der Waals surface area contributed by atoms with Crippen molar-refractivity contribution >= 4 is 17.6 Å². The van der Waals surface area contributed by atoms with Crippen LogP contribution in [0.4, 0.5) is 4.79 Å². The van der Waals surface area contributed by atoms with Gasteiger partial charge < -0.3 is 15.3 Å². The van der Waals surface area contributed by atoms with E-state index in [9.17, 15) is 9.90 Å². The second kappa shape index (κ2) is 5.85. The van der Waals surface area contributed by atoms with Crippen LogP contribution in [-0.2, 0) is 0 Å². The summed E-state index contributed by atoms with van der Waals surface area (Å²) < 4.78 is 0. The van der Waals surface area contributed by atoms with E-state index in [0.717, 1.165) is 24.4 Å². The first-order valence-electron chi connectivity index (χ1n) is 7.53. The smallest absolute Gasteiger partial charge is 0.317 e. The molecule has 0 radical (unpaired) electrons. The molecule has 1 aliphatic heterocycles. The molecule has 3 rings (SSSR count). The van der Waals surface area contributed by atoms with Gasteiger partial charge in [0.05, 0.1) is 6.10 Å². The Labute approximate surface area is 130 Å². The van der Waals surface area contributed by atoms with Gasteiger partial charge >= 0.3 is 6.03 Å². The van der Waals surface area contributed by atoms with Crippen LogP contribution in [0.25, 0.3) is 0 Å². The molecule has 0 bridgehead atoms. The molecule has 2 N–H and O–H groups in total. The van der Waals surface area contributed by atoms with Gasteiger partial charge in [0.1, 0.15) is 0 Å². The summed E-state index contributed by atoms with van der Waals surface area (Å²) >= 11 is 6.00. The highest BCUT2D eigenvalue weighted by Gasteiger charge is 2.40. The van der Waals surface area contributed by atoms with Crippen LogP contribution in [0.1, 0.15) is 31.2 Å². The van der Waals surface area contributed by atoms with Crippen LogP contribution in [0.2, 0.25) is 5.02 Å².